The van der Waals surface area contributed by atoms with Crippen LogP contribution in [0.3, 0.4) is 0 Å². The summed E-state index contributed by atoms with van der Waals surface area (Å²) in [5, 5.41) is 6.74. The Hall–Kier alpha value is -1.74. The van der Waals surface area contributed by atoms with Crippen LogP contribution in [0.4, 0.5) is 10.6 Å². The van der Waals surface area contributed by atoms with Gasteiger partial charge in [-0.2, -0.15) is 0 Å². The summed E-state index contributed by atoms with van der Waals surface area (Å²) in [6, 6.07) is 1.77. The lowest BCUT2D eigenvalue weighted by Crippen LogP contribution is -2.56. The Balaban J connectivity index is 1.89. The number of thioether (sulfide) groups is 1. The molecule has 174 valence electrons. The number of anilines is 1. The summed E-state index contributed by atoms with van der Waals surface area (Å²) < 4.78 is 0. The van der Waals surface area contributed by atoms with Gasteiger partial charge < -0.3 is 20.4 Å². The van der Waals surface area contributed by atoms with E-state index >= 15 is 0 Å². The van der Waals surface area contributed by atoms with Crippen molar-refractivity contribution in [3.63, 3.8) is 0 Å². The second kappa shape index (κ2) is 13.6. The summed E-state index contributed by atoms with van der Waals surface area (Å²) in [7, 11) is 0. The highest BCUT2D eigenvalue weighted by Crippen LogP contribution is 2.24. The first-order chi connectivity index (χ1) is 14.9. The van der Waals surface area contributed by atoms with Gasteiger partial charge >= 0.3 is 6.03 Å². The number of nitrogens with one attached hydrogen (secondary N) is 2. The van der Waals surface area contributed by atoms with Gasteiger partial charge in [0.1, 0.15) is 11.0 Å². The molecule has 0 aromatic carbocycles. The fourth-order valence-electron chi connectivity index (χ4n) is 3.34. The second-order valence-electron chi connectivity index (χ2n) is 7.75. The zero-order chi connectivity index (χ0) is 22.6. The standard InChI is InChI=1S/C21H35ClN6O2S/c1-4-6-8-10-23-19(29)15-31-20-25-17(22)13-18(26-20)27-11-12-28(16(3)14-27)21(30)24-9-7-5-2/h13,16H,4-12,14-15H2,1-3H3,(H,23,29)(H,24,30). The number of unbranched alkanes of at least 4 members (excludes halogenated alkanes) is 3. The van der Waals surface area contributed by atoms with Gasteiger partial charge in [-0.15, -0.1) is 0 Å². The summed E-state index contributed by atoms with van der Waals surface area (Å²) >= 11 is 7.51. The molecule has 0 saturated carbocycles. The maximum Gasteiger partial charge on any atom is 0.317 e. The molecule has 1 aromatic heterocycles. The van der Waals surface area contributed by atoms with E-state index in [9.17, 15) is 9.59 Å². The van der Waals surface area contributed by atoms with Gasteiger partial charge in [-0.1, -0.05) is 56.5 Å². The fraction of sp³-hybridized carbons (Fsp3) is 0.714. The van der Waals surface area contributed by atoms with E-state index < -0.39 is 0 Å². The zero-order valence-electron chi connectivity index (χ0n) is 18.8. The van der Waals surface area contributed by atoms with Crippen LogP contribution in [0.25, 0.3) is 0 Å². The van der Waals surface area contributed by atoms with E-state index in [2.05, 4.69) is 39.3 Å². The van der Waals surface area contributed by atoms with Crippen molar-refractivity contribution >= 4 is 41.1 Å². The van der Waals surface area contributed by atoms with Crippen molar-refractivity contribution in [1.82, 2.24) is 25.5 Å². The van der Waals surface area contributed by atoms with Crippen LogP contribution < -0.4 is 15.5 Å². The molecule has 10 heteroatoms. The highest BCUT2D eigenvalue weighted by molar-refractivity contribution is 7.99. The molecule has 0 bridgehead atoms. The quantitative estimate of drug-likeness (QED) is 0.222. The highest BCUT2D eigenvalue weighted by Gasteiger charge is 2.28. The first kappa shape index (κ1) is 25.5. The number of hydrogen-bond acceptors (Lipinski definition) is 6. The van der Waals surface area contributed by atoms with Gasteiger partial charge in [0.2, 0.25) is 5.91 Å². The van der Waals surface area contributed by atoms with E-state index in [-0.39, 0.29) is 23.7 Å². The largest absolute Gasteiger partial charge is 0.355 e. The third-order valence-electron chi connectivity index (χ3n) is 5.11. The van der Waals surface area contributed by atoms with E-state index in [0.29, 0.717) is 43.0 Å². The molecule has 0 radical (unpaired) electrons. The van der Waals surface area contributed by atoms with Crippen molar-refractivity contribution in [2.75, 3.05) is 43.4 Å². The maximum atomic E-state index is 12.4. The number of carbonyl (C=O) groups is 2. The Bertz CT molecular complexity index is 723. The lowest BCUT2D eigenvalue weighted by molar-refractivity contribution is -0.118. The molecular formula is C21H35ClN6O2S. The molecule has 1 unspecified atom stereocenters. The molecule has 2 rings (SSSR count). The Morgan fingerprint density at radius 3 is 2.58 bits per heavy atom. The Kier molecular flexibility index (Phi) is 11.2. The van der Waals surface area contributed by atoms with Crippen molar-refractivity contribution in [3.05, 3.63) is 11.2 Å². The van der Waals surface area contributed by atoms with Crippen LogP contribution in [0.5, 0.6) is 0 Å². The first-order valence-corrected chi connectivity index (χ1v) is 12.5. The number of aromatic nitrogens is 2. The number of urea groups is 1. The van der Waals surface area contributed by atoms with E-state index in [4.69, 9.17) is 11.6 Å². The number of nitrogens with zero attached hydrogens (tertiary/aromatic N) is 4. The van der Waals surface area contributed by atoms with Crippen molar-refractivity contribution < 1.29 is 9.59 Å². The van der Waals surface area contributed by atoms with E-state index in [1.54, 1.807) is 6.07 Å². The molecular weight excluding hydrogens is 436 g/mol. The molecule has 3 amide bonds. The van der Waals surface area contributed by atoms with Crippen LogP contribution in [-0.2, 0) is 4.79 Å². The van der Waals surface area contributed by atoms with Gasteiger partial charge in [-0.3, -0.25) is 4.79 Å². The molecule has 0 spiro atoms. The normalized spacial score (nSPS) is 16.3. The molecule has 1 aliphatic heterocycles. The number of halogens is 1. The van der Waals surface area contributed by atoms with Crippen molar-refractivity contribution in [1.29, 1.82) is 0 Å². The van der Waals surface area contributed by atoms with Gasteiger partial charge in [0.25, 0.3) is 0 Å². The molecule has 2 N–H and O–H groups in total. The number of piperazine rings is 1. The average molecular weight is 471 g/mol. The van der Waals surface area contributed by atoms with Crippen molar-refractivity contribution in [2.24, 2.45) is 0 Å². The van der Waals surface area contributed by atoms with Crippen molar-refractivity contribution in [2.45, 2.75) is 64.1 Å². The topological polar surface area (TPSA) is 90.5 Å². The number of amides is 3. The highest BCUT2D eigenvalue weighted by atomic mass is 35.5. The molecule has 0 aliphatic carbocycles. The van der Waals surface area contributed by atoms with Crippen LogP contribution in [0.15, 0.2) is 11.2 Å². The molecule has 1 aliphatic rings. The summed E-state index contributed by atoms with van der Waals surface area (Å²) in [5.41, 5.74) is 0. The molecule has 8 nitrogen and oxygen atoms in total. The number of hydrogen-bond donors (Lipinski definition) is 2. The zero-order valence-corrected chi connectivity index (χ0v) is 20.4. The minimum absolute atomic E-state index is 0.0116. The van der Waals surface area contributed by atoms with Crippen LogP contribution in [-0.4, -0.2) is 71.3 Å². The smallest absolute Gasteiger partial charge is 0.317 e. The van der Waals surface area contributed by atoms with Crippen LogP contribution in [0.1, 0.15) is 52.9 Å². The molecule has 1 atom stereocenters. The van der Waals surface area contributed by atoms with Gasteiger partial charge in [0.05, 0.1) is 5.75 Å². The summed E-state index contributed by atoms with van der Waals surface area (Å²) in [5.74, 6) is 0.958. The molecule has 2 heterocycles. The van der Waals surface area contributed by atoms with Gasteiger partial charge in [-0.25, -0.2) is 14.8 Å². The lowest BCUT2D eigenvalue weighted by atomic mass is 10.2. The lowest BCUT2D eigenvalue weighted by Gasteiger charge is -2.40. The minimum Gasteiger partial charge on any atom is -0.355 e. The Morgan fingerprint density at radius 1 is 1.13 bits per heavy atom. The van der Waals surface area contributed by atoms with E-state index in [1.165, 1.54) is 11.8 Å². The molecule has 1 aromatic rings. The van der Waals surface area contributed by atoms with Crippen LogP contribution in [0, 0.1) is 0 Å². The van der Waals surface area contributed by atoms with Gasteiger partial charge in [-0.05, 0) is 19.8 Å². The van der Waals surface area contributed by atoms with Crippen LogP contribution >= 0.6 is 23.4 Å². The third kappa shape index (κ3) is 8.73. The molecule has 1 fully saturated rings. The second-order valence-corrected chi connectivity index (χ2v) is 9.08. The first-order valence-electron chi connectivity index (χ1n) is 11.2. The van der Waals surface area contributed by atoms with E-state index in [0.717, 1.165) is 37.9 Å². The summed E-state index contributed by atoms with van der Waals surface area (Å²) in [4.78, 5) is 37.2. The molecule has 31 heavy (non-hydrogen) atoms. The average Bonchev–Trinajstić information content (AvgIpc) is 2.75. The third-order valence-corrected chi connectivity index (χ3v) is 6.16. The van der Waals surface area contributed by atoms with Crippen LogP contribution in [0.2, 0.25) is 5.15 Å². The minimum atomic E-state index is -0.0254. The van der Waals surface area contributed by atoms with E-state index in [1.807, 2.05) is 11.8 Å². The van der Waals surface area contributed by atoms with Crippen molar-refractivity contribution in [3.8, 4) is 0 Å². The fourth-order valence-corrected chi connectivity index (χ4v) is 4.25. The number of carbonyl (C=O) groups excluding carboxylic acids is 2. The molecule has 1 saturated heterocycles. The Morgan fingerprint density at radius 2 is 1.87 bits per heavy atom. The monoisotopic (exact) mass is 470 g/mol. The summed E-state index contributed by atoms with van der Waals surface area (Å²) in [6.45, 7) is 9.62. The predicted molar refractivity (Wildman–Crippen MR) is 127 cm³/mol. The SMILES string of the molecule is CCCCCNC(=O)CSc1nc(Cl)cc(N2CCN(C(=O)NCCCC)C(C)C2)n1. The predicted octanol–water partition coefficient (Wildman–Crippen LogP) is 3.55. The van der Waals surface area contributed by atoms with Gasteiger partial charge in [0, 0.05) is 44.8 Å². The summed E-state index contributed by atoms with van der Waals surface area (Å²) in [6.07, 6.45) is 5.27. The maximum absolute atomic E-state index is 12.4. The Labute approximate surface area is 194 Å². The number of rotatable bonds is 11. The van der Waals surface area contributed by atoms with Gasteiger partial charge in [0.15, 0.2) is 5.16 Å².